The molecule has 0 spiro atoms. The van der Waals surface area contributed by atoms with Crippen LogP contribution in [0.1, 0.15) is 36.8 Å². The summed E-state index contributed by atoms with van der Waals surface area (Å²) in [7, 11) is 0. The molecule has 0 unspecified atom stereocenters. The summed E-state index contributed by atoms with van der Waals surface area (Å²) in [6.07, 6.45) is -3.88. The van der Waals surface area contributed by atoms with E-state index in [1.807, 2.05) is 0 Å². The Balaban J connectivity index is 2.42. The first kappa shape index (κ1) is 15.3. The third-order valence-electron chi connectivity index (χ3n) is 3.59. The molecule has 1 atom stereocenters. The van der Waals surface area contributed by atoms with Gasteiger partial charge in [-0.05, 0) is 31.4 Å². The van der Waals surface area contributed by atoms with Gasteiger partial charge in [0.05, 0.1) is 5.56 Å². The van der Waals surface area contributed by atoms with Gasteiger partial charge in [-0.3, -0.25) is 4.79 Å². The molecule has 1 amide bonds. The molecule has 1 aliphatic carbocycles. The second-order valence-electron chi connectivity index (χ2n) is 4.95. The van der Waals surface area contributed by atoms with Crippen molar-refractivity contribution in [1.29, 1.82) is 0 Å². The van der Waals surface area contributed by atoms with Crippen molar-refractivity contribution >= 4 is 11.9 Å². The molecule has 1 aliphatic rings. The van der Waals surface area contributed by atoms with E-state index in [2.05, 4.69) is 0 Å². The number of Topliss-reactive ketones (excluding diaryl/α,β-unsaturated/α-hetero) is 1. The molecular formula is C14H14F3NO3. The molecule has 0 heterocycles. The van der Waals surface area contributed by atoms with Crippen LogP contribution in [0.15, 0.2) is 24.3 Å². The number of amides is 1. The number of benzene rings is 1. The van der Waals surface area contributed by atoms with Gasteiger partial charge >= 0.3 is 12.3 Å². The van der Waals surface area contributed by atoms with E-state index in [0.717, 1.165) is 24.3 Å². The van der Waals surface area contributed by atoms with E-state index in [9.17, 15) is 22.8 Å². The molecule has 0 saturated heterocycles. The van der Waals surface area contributed by atoms with Gasteiger partial charge in [-0.2, -0.15) is 13.2 Å². The fourth-order valence-corrected chi connectivity index (χ4v) is 2.57. The van der Waals surface area contributed by atoms with Gasteiger partial charge < -0.3 is 10.5 Å². The minimum Gasteiger partial charge on any atom is -0.430 e. The van der Waals surface area contributed by atoms with Crippen molar-refractivity contribution in [3.8, 4) is 0 Å². The monoisotopic (exact) mass is 301 g/mol. The largest absolute Gasteiger partial charge is 0.430 e. The van der Waals surface area contributed by atoms with Gasteiger partial charge in [0.25, 0.3) is 0 Å². The zero-order chi connectivity index (χ0) is 15.7. The van der Waals surface area contributed by atoms with Crippen LogP contribution >= 0.6 is 0 Å². The molecule has 2 N–H and O–H groups in total. The van der Waals surface area contributed by atoms with Crippen LogP contribution in [0.25, 0.3) is 0 Å². The standard InChI is InChI=1S/C14H14F3NO3/c15-14(16,17)10-6-4-9(5-7-10)13(21-12(18)20)8-2-1-3-11(13)19/h4-7H,1-3,8H2,(H2,18,20)/t13-/m1/s1. The van der Waals surface area contributed by atoms with Crippen LogP contribution in [0.5, 0.6) is 0 Å². The summed E-state index contributed by atoms with van der Waals surface area (Å²) in [4.78, 5) is 23.3. The van der Waals surface area contributed by atoms with Crippen molar-refractivity contribution in [3.05, 3.63) is 35.4 Å². The van der Waals surface area contributed by atoms with Gasteiger partial charge in [0.1, 0.15) is 0 Å². The van der Waals surface area contributed by atoms with Gasteiger partial charge in [0.15, 0.2) is 11.4 Å². The van der Waals surface area contributed by atoms with Gasteiger partial charge in [-0.1, -0.05) is 12.1 Å². The van der Waals surface area contributed by atoms with E-state index in [1.165, 1.54) is 0 Å². The zero-order valence-electron chi connectivity index (χ0n) is 11.1. The third kappa shape index (κ3) is 3.01. The van der Waals surface area contributed by atoms with Gasteiger partial charge in [0.2, 0.25) is 0 Å². The first-order chi connectivity index (χ1) is 9.75. The maximum absolute atomic E-state index is 12.6. The molecule has 0 bridgehead atoms. The SMILES string of the molecule is NC(=O)O[C@@]1(c2ccc(C(F)(F)F)cc2)CCCCC1=O. The van der Waals surface area contributed by atoms with Crippen LogP contribution in [0.3, 0.4) is 0 Å². The average Bonchev–Trinajstić information content (AvgIpc) is 2.40. The third-order valence-corrected chi connectivity index (χ3v) is 3.59. The molecule has 1 saturated carbocycles. The van der Waals surface area contributed by atoms with Gasteiger partial charge in [0, 0.05) is 12.0 Å². The summed E-state index contributed by atoms with van der Waals surface area (Å²) in [5.74, 6) is -0.340. The smallest absolute Gasteiger partial charge is 0.416 e. The van der Waals surface area contributed by atoms with E-state index < -0.39 is 23.4 Å². The zero-order valence-corrected chi connectivity index (χ0v) is 11.1. The summed E-state index contributed by atoms with van der Waals surface area (Å²) in [5.41, 5.74) is 2.84. The molecular weight excluding hydrogens is 287 g/mol. The van der Waals surface area contributed by atoms with Crippen molar-refractivity contribution < 1.29 is 27.5 Å². The van der Waals surface area contributed by atoms with Crippen molar-refractivity contribution in [2.24, 2.45) is 5.73 Å². The number of hydrogen-bond acceptors (Lipinski definition) is 3. The quantitative estimate of drug-likeness (QED) is 0.912. The fourth-order valence-electron chi connectivity index (χ4n) is 2.57. The van der Waals surface area contributed by atoms with Crippen LogP contribution in [-0.4, -0.2) is 11.9 Å². The van der Waals surface area contributed by atoms with Crippen LogP contribution in [0.2, 0.25) is 0 Å². The number of alkyl halides is 3. The molecule has 2 rings (SSSR count). The second kappa shape index (κ2) is 5.38. The molecule has 0 radical (unpaired) electrons. The molecule has 0 aliphatic heterocycles. The molecule has 7 heteroatoms. The summed E-state index contributed by atoms with van der Waals surface area (Å²) in [6.45, 7) is 0. The molecule has 4 nitrogen and oxygen atoms in total. The number of ether oxygens (including phenoxy) is 1. The normalized spacial score (nSPS) is 22.9. The number of ketones is 1. The number of nitrogens with two attached hydrogens (primary N) is 1. The predicted octanol–water partition coefficient (Wildman–Crippen LogP) is 3.14. The Hall–Kier alpha value is -2.05. The summed E-state index contributed by atoms with van der Waals surface area (Å²) in [6, 6.07) is 4.05. The lowest BCUT2D eigenvalue weighted by atomic mass is 9.78. The summed E-state index contributed by atoms with van der Waals surface area (Å²) < 4.78 is 42.7. The maximum atomic E-state index is 12.6. The van der Waals surface area contributed by atoms with E-state index in [4.69, 9.17) is 10.5 Å². The Morgan fingerprint density at radius 2 is 1.81 bits per heavy atom. The van der Waals surface area contributed by atoms with Crippen molar-refractivity contribution in [1.82, 2.24) is 0 Å². The first-order valence-electron chi connectivity index (χ1n) is 6.45. The van der Waals surface area contributed by atoms with E-state index in [-0.39, 0.29) is 24.2 Å². The summed E-state index contributed by atoms with van der Waals surface area (Å²) in [5, 5.41) is 0. The Morgan fingerprint density at radius 3 is 2.29 bits per heavy atom. The highest BCUT2D eigenvalue weighted by Crippen LogP contribution is 2.39. The van der Waals surface area contributed by atoms with Gasteiger partial charge in [-0.25, -0.2) is 4.79 Å². The highest BCUT2D eigenvalue weighted by atomic mass is 19.4. The minimum absolute atomic E-state index is 0.203. The van der Waals surface area contributed by atoms with Crippen LogP contribution < -0.4 is 5.73 Å². The number of carbonyl (C=O) groups is 2. The number of rotatable bonds is 2. The van der Waals surface area contributed by atoms with Crippen molar-refractivity contribution in [2.75, 3.05) is 0 Å². The lowest BCUT2D eigenvalue weighted by Crippen LogP contribution is -2.44. The molecule has 1 aromatic carbocycles. The lowest BCUT2D eigenvalue weighted by Gasteiger charge is -2.35. The lowest BCUT2D eigenvalue weighted by molar-refractivity contribution is -0.142. The Bertz CT molecular complexity index is 554. The van der Waals surface area contributed by atoms with Crippen LogP contribution in [0, 0.1) is 0 Å². The molecule has 114 valence electrons. The van der Waals surface area contributed by atoms with E-state index >= 15 is 0 Å². The first-order valence-corrected chi connectivity index (χ1v) is 6.45. The van der Waals surface area contributed by atoms with Gasteiger partial charge in [-0.15, -0.1) is 0 Å². The molecule has 21 heavy (non-hydrogen) atoms. The second-order valence-corrected chi connectivity index (χ2v) is 4.95. The number of hydrogen-bond donors (Lipinski definition) is 1. The highest BCUT2D eigenvalue weighted by molar-refractivity contribution is 5.91. The van der Waals surface area contributed by atoms with E-state index in [1.54, 1.807) is 0 Å². The van der Waals surface area contributed by atoms with Crippen molar-refractivity contribution in [2.45, 2.75) is 37.5 Å². The Kier molecular flexibility index (Phi) is 3.93. The molecule has 1 aromatic rings. The summed E-state index contributed by atoms with van der Waals surface area (Å²) >= 11 is 0. The topological polar surface area (TPSA) is 69.4 Å². The number of primary amides is 1. The van der Waals surface area contributed by atoms with E-state index in [0.29, 0.717) is 12.8 Å². The minimum atomic E-state index is -4.47. The number of halogens is 3. The molecule has 0 aromatic heterocycles. The fraction of sp³-hybridized carbons (Fsp3) is 0.429. The average molecular weight is 301 g/mol. The van der Waals surface area contributed by atoms with Crippen LogP contribution in [0.4, 0.5) is 18.0 Å². The predicted molar refractivity (Wildman–Crippen MR) is 67.3 cm³/mol. The Labute approximate surface area is 119 Å². The van der Waals surface area contributed by atoms with Crippen molar-refractivity contribution in [3.63, 3.8) is 0 Å². The maximum Gasteiger partial charge on any atom is 0.416 e. The van der Waals surface area contributed by atoms with Crippen LogP contribution in [-0.2, 0) is 21.3 Å². The highest BCUT2D eigenvalue weighted by Gasteiger charge is 2.45. The number of carbonyl (C=O) groups excluding carboxylic acids is 2. The molecule has 1 fully saturated rings. The Morgan fingerprint density at radius 1 is 1.19 bits per heavy atom.